The average Bonchev–Trinajstić information content (AvgIpc) is 2.84. The van der Waals surface area contributed by atoms with Gasteiger partial charge in [0.1, 0.15) is 11.3 Å². The fraction of sp³-hybridized carbons (Fsp3) is 0.235. The van der Waals surface area contributed by atoms with Crippen LogP contribution >= 0.6 is 12.2 Å². The number of aryl methyl sites for hydroxylation is 1. The van der Waals surface area contributed by atoms with E-state index in [-0.39, 0.29) is 5.82 Å². The molecule has 2 nitrogen and oxygen atoms in total. The van der Waals surface area contributed by atoms with Crippen molar-refractivity contribution < 1.29 is 4.39 Å². The molecule has 0 amide bonds. The number of nitrogens with zero attached hydrogens (tertiary/aromatic N) is 1. The van der Waals surface area contributed by atoms with Crippen LogP contribution in [-0.4, -0.2) is 9.55 Å². The quantitative estimate of drug-likeness (QED) is 0.645. The van der Waals surface area contributed by atoms with E-state index in [2.05, 4.69) is 23.2 Å². The second-order valence-electron chi connectivity index (χ2n) is 5.52. The molecular weight excluding hydrogens is 283 g/mol. The van der Waals surface area contributed by atoms with Crippen LogP contribution in [0.25, 0.3) is 16.7 Å². The second-order valence-corrected chi connectivity index (χ2v) is 5.91. The Morgan fingerprint density at radius 2 is 1.86 bits per heavy atom. The molecule has 4 rings (SSSR count). The Morgan fingerprint density at radius 3 is 2.76 bits per heavy atom. The highest BCUT2D eigenvalue weighted by molar-refractivity contribution is 7.71. The van der Waals surface area contributed by atoms with Crippen molar-refractivity contribution >= 4 is 23.3 Å². The Hall–Kier alpha value is -1.94. The molecule has 2 aromatic carbocycles. The number of para-hydroxylation sites is 1. The van der Waals surface area contributed by atoms with Crippen molar-refractivity contribution in [3.63, 3.8) is 0 Å². The largest absolute Gasteiger partial charge is 0.328 e. The van der Waals surface area contributed by atoms with E-state index >= 15 is 0 Å². The highest BCUT2D eigenvalue weighted by Gasteiger charge is 2.17. The van der Waals surface area contributed by atoms with E-state index in [9.17, 15) is 4.39 Å². The molecule has 0 spiro atoms. The standard InChI is InChI=1S/C17H15FN2S/c18-13-8-4-10-15-16(13)19-17(21)20(15)14-9-3-6-11-5-1-2-7-12(11)14/h3-4,6,8-10H,1-2,5,7H2,(H,19,21). The first kappa shape index (κ1) is 12.8. The number of rotatable bonds is 1. The van der Waals surface area contributed by atoms with Gasteiger partial charge in [0.15, 0.2) is 4.77 Å². The van der Waals surface area contributed by atoms with Crippen LogP contribution in [0.3, 0.4) is 0 Å². The van der Waals surface area contributed by atoms with Gasteiger partial charge in [0.05, 0.1) is 11.2 Å². The van der Waals surface area contributed by atoms with Crippen LogP contribution in [0.1, 0.15) is 24.0 Å². The zero-order valence-electron chi connectivity index (χ0n) is 11.5. The van der Waals surface area contributed by atoms with Gasteiger partial charge in [-0.2, -0.15) is 0 Å². The van der Waals surface area contributed by atoms with E-state index in [0.29, 0.717) is 10.3 Å². The molecule has 0 unspecified atom stereocenters. The van der Waals surface area contributed by atoms with Crippen LogP contribution in [0.4, 0.5) is 4.39 Å². The molecule has 0 bridgehead atoms. The normalized spacial score (nSPS) is 14.3. The molecule has 0 saturated carbocycles. The molecule has 21 heavy (non-hydrogen) atoms. The summed E-state index contributed by atoms with van der Waals surface area (Å²) in [4.78, 5) is 3.00. The molecule has 0 radical (unpaired) electrons. The molecule has 1 aliphatic carbocycles. The van der Waals surface area contributed by atoms with Crippen molar-refractivity contribution in [1.29, 1.82) is 0 Å². The zero-order chi connectivity index (χ0) is 14.4. The second kappa shape index (κ2) is 4.81. The fourth-order valence-electron chi connectivity index (χ4n) is 3.30. The molecular formula is C17H15FN2S. The molecule has 4 heteroatoms. The van der Waals surface area contributed by atoms with E-state index in [1.807, 2.05) is 10.6 Å². The molecule has 0 aliphatic heterocycles. The highest BCUT2D eigenvalue weighted by atomic mass is 32.1. The lowest BCUT2D eigenvalue weighted by molar-refractivity contribution is 0.637. The lowest BCUT2D eigenvalue weighted by atomic mass is 9.90. The van der Waals surface area contributed by atoms with Crippen molar-refractivity contribution in [2.75, 3.05) is 0 Å². The van der Waals surface area contributed by atoms with Gasteiger partial charge < -0.3 is 4.98 Å². The van der Waals surface area contributed by atoms with Gasteiger partial charge in [0.2, 0.25) is 0 Å². The number of nitrogens with one attached hydrogen (secondary N) is 1. The van der Waals surface area contributed by atoms with Crippen molar-refractivity contribution in [3.05, 3.63) is 58.1 Å². The van der Waals surface area contributed by atoms with E-state index in [4.69, 9.17) is 12.2 Å². The molecule has 1 aliphatic rings. The van der Waals surface area contributed by atoms with E-state index in [1.54, 1.807) is 6.07 Å². The van der Waals surface area contributed by atoms with E-state index < -0.39 is 0 Å². The number of fused-ring (bicyclic) bond motifs is 2. The molecule has 1 aromatic heterocycles. The Labute approximate surface area is 127 Å². The topological polar surface area (TPSA) is 20.7 Å². The number of hydrogen-bond acceptors (Lipinski definition) is 1. The minimum absolute atomic E-state index is 0.262. The number of halogens is 1. The third-order valence-corrected chi connectivity index (χ3v) is 4.56. The summed E-state index contributed by atoms with van der Waals surface area (Å²) in [6.07, 6.45) is 4.63. The van der Waals surface area contributed by atoms with Gasteiger partial charge in [-0.25, -0.2) is 4.39 Å². The number of hydrogen-bond donors (Lipinski definition) is 1. The lowest BCUT2D eigenvalue weighted by Gasteiger charge is -2.20. The predicted molar refractivity (Wildman–Crippen MR) is 85.1 cm³/mol. The van der Waals surface area contributed by atoms with Gasteiger partial charge in [0.25, 0.3) is 0 Å². The van der Waals surface area contributed by atoms with E-state index in [0.717, 1.165) is 24.0 Å². The van der Waals surface area contributed by atoms with Crippen molar-refractivity contribution in [2.24, 2.45) is 0 Å². The first-order valence-electron chi connectivity index (χ1n) is 7.26. The van der Waals surface area contributed by atoms with E-state index in [1.165, 1.54) is 30.0 Å². The monoisotopic (exact) mass is 298 g/mol. The molecule has 0 fully saturated rings. The third kappa shape index (κ3) is 1.94. The first-order valence-corrected chi connectivity index (χ1v) is 7.67. The van der Waals surface area contributed by atoms with Crippen molar-refractivity contribution in [2.45, 2.75) is 25.7 Å². The molecule has 0 saturated heterocycles. The first-order chi connectivity index (χ1) is 10.3. The summed E-state index contributed by atoms with van der Waals surface area (Å²) in [7, 11) is 0. The van der Waals surface area contributed by atoms with Crippen LogP contribution in [0, 0.1) is 10.6 Å². The Bertz CT molecular complexity index is 891. The van der Waals surface area contributed by atoms with Crippen LogP contribution in [-0.2, 0) is 12.8 Å². The Balaban J connectivity index is 2.06. The number of aromatic amines is 1. The summed E-state index contributed by atoms with van der Waals surface area (Å²) in [6, 6.07) is 11.4. The summed E-state index contributed by atoms with van der Waals surface area (Å²) in [5.41, 5.74) is 5.13. The number of benzene rings is 2. The predicted octanol–water partition coefficient (Wildman–Crippen LogP) is 4.71. The van der Waals surface area contributed by atoms with Crippen LogP contribution < -0.4 is 0 Å². The summed E-state index contributed by atoms with van der Waals surface area (Å²) in [5.74, 6) is -0.262. The average molecular weight is 298 g/mol. The molecule has 1 heterocycles. The maximum absolute atomic E-state index is 13.9. The summed E-state index contributed by atoms with van der Waals surface area (Å²) in [5, 5.41) is 0. The van der Waals surface area contributed by atoms with Gasteiger partial charge >= 0.3 is 0 Å². The third-order valence-electron chi connectivity index (χ3n) is 4.28. The van der Waals surface area contributed by atoms with Gasteiger partial charge in [-0.05, 0) is 67.2 Å². The maximum Gasteiger partial charge on any atom is 0.182 e. The summed E-state index contributed by atoms with van der Waals surface area (Å²) in [6.45, 7) is 0. The maximum atomic E-state index is 13.9. The van der Waals surface area contributed by atoms with Crippen molar-refractivity contribution in [3.8, 4) is 5.69 Å². The Kier molecular flexibility index (Phi) is 2.93. The SMILES string of the molecule is Fc1cccc2c1[nH]c(=S)n2-c1cccc2c1CCCC2. The van der Waals surface area contributed by atoms with Crippen LogP contribution in [0.5, 0.6) is 0 Å². The molecule has 3 aromatic rings. The fourth-order valence-corrected chi connectivity index (χ4v) is 3.60. The number of aromatic nitrogens is 2. The number of imidazole rings is 1. The lowest BCUT2D eigenvalue weighted by Crippen LogP contribution is -2.08. The smallest absolute Gasteiger partial charge is 0.182 e. The zero-order valence-corrected chi connectivity index (χ0v) is 12.3. The Morgan fingerprint density at radius 1 is 1.05 bits per heavy atom. The molecule has 106 valence electrons. The van der Waals surface area contributed by atoms with Crippen molar-refractivity contribution in [1.82, 2.24) is 9.55 Å². The van der Waals surface area contributed by atoms with Crippen LogP contribution in [0.2, 0.25) is 0 Å². The minimum Gasteiger partial charge on any atom is -0.328 e. The highest BCUT2D eigenvalue weighted by Crippen LogP contribution is 2.30. The summed E-state index contributed by atoms with van der Waals surface area (Å²) >= 11 is 5.44. The van der Waals surface area contributed by atoms with Gasteiger partial charge in [-0.15, -0.1) is 0 Å². The van der Waals surface area contributed by atoms with Gasteiger partial charge in [-0.1, -0.05) is 18.2 Å². The summed E-state index contributed by atoms with van der Waals surface area (Å²) < 4.78 is 16.5. The van der Waals surface area contributed by atoms with Crippen LogP contribution in [0.15, 0.2) is 36.4 Å². The number of H-pyrrole nitrogens is 1. The van der Waals surface area contributed by atoms with Gasteiger partial charge in [0, 0.05) is 0 Å². The van der Waals surface area contributed by atoms with Gasteiger partial charge in [-0.3, -0.25) is 4.57 Å². The minimum atomic E-state index is -0.262. The molecule has 0 atom stereocenters. The molecule has 1 N–H and O–H groups in total.